The maximum atomic E-state index is 10.1. The van der Waals surface area contributed by atoms with Crippen molar-refractivity contribution in [3.8, 4) is 72.7 Å². The van der Waals surface area contributed by atoms with Gasteiger partial charge < -0.3 is 27.9 Å². The van der Waals surface area contributed by atoms with Crippen molar-refractivity contribution in [2.45, 2.75) is 52.4 Å². The van der Waals surface area contributed by atoms with Crippen LogP contribution in [0.3, 0.4) is 0 Å². The molecule has 0 spiro atoms. The van der Waals surface area contributed by atoms with Gasteiger partial charge in [-0.1, -0.05) is 296 Å². The molecule has 117 heavy (non-hydrogen) atoms. The van der Waals surface area contributed by atoms with Gasteiger partial charge in [0.25, 0.3) is 6.71 Å². The number of nitrogens with zero attached hydrogens (tertiary/aromatic N) is 5. The molecule has 2 aliphatic rings. The molecule has 0 radical (unpaired) electrons. The number of para-hydroxylation sites is 8. The summed E-state index contributed by atoms with van der Waals surface area (Å²) in [7, 11) is 0. The molecule has 7 heteroatoms. The molecule has 6 heterocycles. The average molecular weight is 1510 g/mol. The number of furan rings is 1. The lowest BCUT2D eigenvalue weighted by Gasteiger charge is -2.46. The Labute approximate surface area is 702 Å². The van der Waals surface area contributed by atoms with Crippen molar-refractivity contribution < 1.29 is 26.3 Å². The number of benzene rings is 17. The first kappa shape index (κ1) is 53.6. The number of rotatable bonds is 10. The minimum absolute atomic E-state index is 0.0689. The number of aromatic nitrogens is 3. The van der Waals surface area contributed by atoms with E-state index in [-0.39, 0.29) is 55.0 Å². The van der Waals surface area contributed by atoms with Gasteiger partial charge in [0.15, 0.2) is 0 Å². The highest BCUT2D eigenvalue weighted by molar-refractivity contribution is 7.00. The Morgan fingerprint density at radius 3 is 1.18 bits per heavy atom. The van der Waals surface area contributed by atoms with Crippen molar-refractivity contribution in [2.75, 3.05) is 9.80 Å². The zero-order valence-corrected chi connectivity index (χ0v) is 64.8. The van der Waals surface area contributed by atoms with E-state index < -0.39 is 114 Å². The van der Waals surface area contributed by atoms with E-state index in [9.17, 15) is 21.9 Å². The monoisotopic (exact) mass is 1510 g/mol. The lowest BCUT2D eigenvalue weighted by atomic mass is 9.33. The van der Waals surface area contributed by atoms with Gasteiger partial charge >= 0.3 is 0 Å². The molecule has 554 valence electrons. The van der Waals surface area contributed by atoms with Gasteiger partial charge in [0, 0.05) is 111 Å². The second-order valence-electron chi connectivity index (χ2n) is 32.7. The van der Waals surface area contributed by atoms with Gasteiger partial charge in [-0.3, -0.25) is 0 Å². The minimum Gasteiger partial charge on any atom is -0.455 e. The molecule has 0 saturated carbocycles. The lowest BCUT2D eigenvalue weighted by Crippen LogP contribution is -2.61. The predicted molar refractivity (Wildman–Crippen MR) is 495 cm³/mol. The standard InChI is InChI=1S/C110H80BN5O/c1-109(2,3)74-63-87(69-32-11-7-12-33-69)106(88(64-74)70-34-13-8-14-35-70)115-100-67-77(113-94-48-25-19-40-79(94)80-41-20-26-49-95(80)113)55-57-92(100)111-93-58-56-78(114-96-50-27-21-42-81(96)82-43-22-28-51-97(82)114)68-101(93)116(103-62-73(61-102(115)105(103)111)72-54-59-99-90(60-72)83-44-23-29-52-98(83)112(99)76-38-17-10-18-39-76)107-89(71-36-15-9-16-37-71)65-75(110(4,5)6)66-91(107)86-47-31-46-85-84-45-24-30-53-104(84)117-108(85)86/h7-68H,1-6H3/i19D,20D,21D,22D,25D,26D,27D,28D,40D,41D,42D,43D,48D,49D,50D,51D. The van der Waals surface area contributed by atoms with Crippen LogP contribution in [0.5, 0.6) is 0 Å². The molecule has 2 aliphatic heterocycles. The molecule has 23 rings (SSSR count). The highest BCUT2D eigenvalue weighted by Crippen LogP contribution is 2.57. The van der Waals surface area contributed by atoms with Crippen LogP contribution >= 0.6 is 0 Å². The predicted octanol–water partition coefficient (Wildman–Crippen LogP) is 27.9. The van der Waals surface area contributed by atoms with Crippen molar-refractivity contribution >= 4 is 145 Å². The van der Waals surface area contributed by atoms with Crippen LogP contribution in [0.25, 0.3) is 160 Å². The molecular weight excluding hydrogens is 1420 g/mol. The molecule has 6 nitrogen and oxygen atoms in total. The van der Waals surface area contributed by atoms with E-state index in [0.29, 0.717) is 50.5 Å². The Hall–Kier alpha value is -14.4. The third-order valence-electron chi connectivity index (χ3n) is 24.0. The van der Waals surface area contributed by atoms with Gasteiger partial charge in [0.2, 0.25) is 0 Å². The molecule has 0 amide bonds. The van der Waals surface area contributed by atoms with Crippen molar-refractivity contribution in [3.05, 3.63) is 387 Å². The van der Waals surface area contributed by atoms with Crippen LogP contribution < -0.4 is 26.2 Å². The van der Waals surface area contributed by atoms with Crippen molar-refractivity contribution in [2.24, 2.45) is 0 Å². The Morgan fingerprint density at radius 1 is 0.274 bits per heavy atom. The van der Waals surface area contributed by atoms with E-state index in [2.05, 4.69) is 208 Å². The zero-order valence-electron chi connectivity index (χ0n) is 80.8. The van der Waals surface area contributed by atoms with Gasteiger partial charge in [-0.05, 0) is 187 Å². The normalized spacial score (nSPS) is 14.7. The van der Waals surface area contributed by atoms with Gasteiger partial charge in [-0.15, -0.1) is 0 Å². The van der Waals surface area contributed by atoms with Crippen LogP contribution in [0.4, 0.5) is 34.1 Å². The SMILES string of the molecule is [2H]c1c([2H])c([2H])c2c(c1[2H])c1c([2H])c([2H])c([2H])c([2H])c1n2-c1ccc2c(c1)N(c1c(-c3ccccc3)cc(C(C)(C)C)cc1-c1ccccc1)c1cc(-c3ccc4c(c3)c3ccccc3n4-c3ccccc3)cc3c1B2c1ccc(-n2c4c([2H])c([2H])c([2H])c([2H])c4c4c([2H])c([2H])c([2H])c([2H])c42)cc1N3c1c(-c2ccccc2)cc(C(C)(C)C)cc1-c1cccc2c1oc1ccccc12. The summed E-state index contributed by atoms with van der Waals surface area (Å²) >= 11 is 0. The fourth-order valence-electron chi connectivity index (χ4n) is 18.6. The second-order valence-corrected chi connectivity index (χ2v) is 32.7. The number of fused-ring (bicyclic) bond motifs is 16. The zero-order chi connectivity index (χ0) is 92.0. The molecule has 0 aliphatic carbocycles. The summed E-state index contributed by atoms with van der Waals surface area (Å²) in [6.07, 6.45) is 0. The first-order valence-electron chi connectivity index (χ1n) is 47.6. The van der Waals surface area contributed by atoms with Crippen molar-refractivity contribution in [3.63, 3.8) is 0 Å². The molecule has 0 saturated heterocycles. The topological polar surface area (TPSA) is 34.4 Å². The second kappa shape index (κ2) is 26.1. The summed E-state index contributed by atoms with van der Waals surface area (Å²) in [5.41, 5.74) is 19.7. The molecule has 0 fully saturated rings. The fourth-order valence-corrected chi connectivity index (χ4v) is 18.6. The van der Waals surface area contributed by atoms with Gasteiger partial charge in [0.1, 0.15) is 11.2 Å². The Morgan fingerprint density at radius 2 is 0.684 bits per heavy atom. The fraction of sp³-hybridized carbons (Fsp3) is 0.0727. The van der Waals surface area contributed by atoms with E-state index in [1.54, 1.807) is 9.13 Å². The Balaban J connectivity index is 0.958. The van der Waals surface area contributed by atoms with Crippen LogP contribution in [0.2, 0.25) is 0 Å². The van der Waals surface area contributed by atoms with Crippen LogP contribution in [0.1, 0.15) is 74.6 Å². The molecule has 0 N–H and O–H groups in total. The molecule has 21 aromatic rings. The van der Waals surface area contributed by atoms with Crippen molar-refractivity contribution in [1.82, 2.24) is 13.7 Å². The number of hydrogen-bond donors (Lipinski definition) is 0. The highest BCUT2D eigenvalue weighted by Gasteiger charge is 2.47. The van der Waals surface area contributed by atoms with E-state index >= 15 is 0 Å². The summed E-state index contributed by atoms with van der Waals surface area (Å²) in [5, 5.41) is 3.39. The molecule has 0 atom stereocenters. The molecule has 0 unspecified atom stereocenters. The third kappa shape index (κ3) is 10.6. The summed E-state index contributed by atoms with van der Waals surface area (Å²) in [6, 6.07) is 87.6. The first-order chi connectivity index (χ1) is 64.0. The van der Waals surface area contributed by atoms with Crippen LogP contribution in [-0.4, -0.2) is 20.4 Å². The smallest absolute Gasteiger partial charge is 0.252 e. The molecule has 4 aromatic heterocycles. The Bertz CT molecular complexity index is 8480. The van der Waals surface area contributed by atoms with E-state index in [1.807, 2.05) is 127 Å². The number of hydrogen-bond acceptors (Lipinski definition) is 3. The van der Waals surface area contributed by atoms with Gasteiger partial charge in [0.05, 0.1) is 66.4 Å². The summed E-state index contributed by atoms with van der Waals surface area (Å²) in [6.45, 7) is 12.4. The highest BCUT2D eigenvalue weighted by atomic mass is 16.3. The maximum absolute atomic E-state index is 10.1. The van der Waals surface area contributed by atoms with E-state index in [1.165, 1.54) is 0 Å². The molecule has 0 bridgehead atoms. The quantitative estimate of drug-likeness (QED) is 0.128. The van der Waals surface area contributed by atoms with E-state index in [0.717, 1.165) is 116 Å². The largest absolute Gasteiger partial charge is 0.455 e. The molecular formula is C110H80BN5O. The first-order valence-corrected chi connectivity index (χ1v) is 39.6. The summed E-state index contributed by atoms with van der Waals surface area (Å²) in [4.78, 5) is 4.69. The molecule has 17 aromatic carbocycles. The Kier molecular flexibility index (Phi) is 11.9. The van der Waals surface area contributed by atoms with Crippen LogP contribution in [0.15, 0.2) is 380 Å². The summed E-state index contributed by atoms with van der Waals surface area (Å²) < 4.78 is 167. The third-order valence-corrected chi connectivity index (χ3v) is 24.0. The maximum Gasteiger partial charge on any atom is 0.252 e. The summed E-state index contributed by atoms with van der Waals surface area (Å²) in [5.74, 6) is 0. The van der Waals surface area contributed by atoms with Gasteiger partial charge in [-0.25, -0.2) is 0 Å². The van der Waals surface area contributed by atoms with Gasteiger partial charge in [-0.2, -0.15) is 0 Å². The lowest BCUT2D eigenvalue weighted by molar-refractivity contribution is 0.590. The average Bonchev–Trinajstić information content (AvgIpc) is 1.56. The minimum atomic E-state index is -0.864. The van der Waals surface area contributed by atoms with Crippen molar-refractivity contribution in [1.29, 1.82) is 0 Å². The van der Waals surface area contributed by atoms with Crippen LogP contribution in [-0.2, 0) is 10.8 Å². The van der Waals surface area contributed by atoms with E-state index in [4.69, 9.17) is 4.42 Å². The number of anilines is 6. The van der Waals surface area contributed by atoms with Crippen LogP contribution in [0, 0.1) is 0 Å².